The van der Waals surface area contributed by atoms with Crippen molar-refractivity contribution in [2.45, 2.75) is 62.4 Å². The fraction of sp³-hybridized carbons (Fsp3) is 0.448. The van der Waals surface area contributed by atoms with Crippen molar-refractivity contribution < 1.29 is 13.9 Å². The van der Waals surface area contributed by atoms with Gasteiger partial charge in [0.25, 0.3) is 0 Å². The molecule has 3 aliphatic heterocycles. The number of benzene rings is 2. The molecule has 1 aromatic heterocycles. The van der Waals surface area contributed by atoms with Crippen molar-refractivity contribution in [3.8, 4) is 0 Å². The number of carbonyl (C=O) groups is 1. The number of rotatable bonds is 4. The van der Waals surface area contributed by atoms with E-state index in [9.17, 15) is 9.18 Å². The average molecular weight is 459 g/mol. The molecule has 3 saturated heterocycles. The van der Waals surface area contributed by atoms with Crippen molar-refractivity contribution >= 4 is 16.7 Å². The Morgan fingerprint density at radius 2 is 1.79 bits per heavy atom. The molecule has 0 aliphatic carbocycles. The number of hydrogen-bond donors (Lipinski definition) is 0. The Bertz CT molecular complexity index is 1190. The molecule has 34 heavy (non-hydrogen) atoms. The number of aromatic nitrogens is 1. The summed E-state index contributed by atoms with van der Waals surface area (Å²) in [6, 6.07) is 16.1. The second kappa shape index (κ2) is 8.77. The Morgan fingerprint density at radius 1 is 1.03 bits per heavy atom. The van der Waals surface area contributed by atoms with E-state index >= 15 is 0 Å². The molecule has 3 aromatic rings. The van der Waals surface area contributed by atoms with E-state index in [-0.39, 0.29) is 23.8 Å². The number of halogens is 1. The molecule has 1 amide bonds. The number of carbonyl (C=O) groups excluding carboxylic acids is 1. The van der Waals surface area contributed by atoms with Crippen LogP contribution in [0.25, 0.3) is 10.8 Å². The Balaban J connectivity index is 1.23. The van der Waals surface area contributed by atoms with Gasteiger partial charge >= 0.3 is 0 Å². The highest BCUT2D eigenvalue weighted by atomic mass is 19.1. The van der Waals surface area contributed by atoms with Crippen LogP contribution in [0.2, 0.25) is 0 Å². The summed E-state index contributed by atoms with van der Waals surface area (Å²) in [5.74, 6) is 0.421. The third-order valence-electron chi connectivity index (χ3n) is 8.44. The zero-order chi connectivity index (χ0) is 23.1. The molecule has 6 rings (SSSR count). The van der Waals surface area contributed by atoms with E-state index < -0.39 is 5.41 Å². The van der Waals surface area contributed by atoms with Crippen LogP contribution in [0.15, 0.2) is 60.9 Å². The number of nitrogens with zero attached hydrogens (tertiary/aromatic N) is 2. The number of ether oxygens (including phenoxy) is 1. The van der Waals surface area contributed by atoms with E-state index in [0.29, 0.717) is 37.5 Å². The van der Waals surface area contributed by atoms with Gasteiger partial charge < -0.3 is 9.64 Å². The topological polar surface area (TPSA) is 42.4 Å². The van der Waals surface area contributed by atoms with Crippen LogP contribution >= 0.6 is 0 Å². The van der Waals surface area contributed by atoms with Crippen molar-refractivity contribution in [2.24, 2.45) is 5.92 Å². The van der Waals surface area contributed by atoms with Gasteiger partial charge in [0.15, 0.2) is 0 Å². The summed E-state index contributed by atoms with van der Waals surface area (Å²) in [5, 5.41) is 2.40. The predicted molar refractivity (Wildman–Crippen MR) is 130 cm³/mol. The maximum absolute atomic E-state index is 15.0. The van der Waals surface area contributed by atoms with Gasteiger partial charge in [-0.2, -0.15) is 0 Å². The van der Waals surface area contributed by atoms with E-state index in [1.165, 1.54) is 22.4 Å². The summed E-state index contributed by atoms with van der Waals surface area (Å²) in [6.07, 6.45) is 10.1. The number of amides is 1. The average Bonchev–Trinajstić information content (AvgIpc) is 3.14. The van der Waals surface area contributed by atoms with Gasteiger partial charge in [0, 0.05) is 48.6 Å². The number of fused-ring (bicyclic) bond motifs is 3. The van der Waals surface area contributed by atoms with Crippen LogP contribution < -0.4 is 0 Å². The van der Waals surface area contributed by atoms with Gasteiger partial charge in [-0.25, -0.2) is 4.39 Å². The molecule has 0 spiro atoms. The molecule has 0 saturated carbocycles. The summed E-state index contributed by atoms with van der Waals surface area (Å²) in [7, 11) is 0. The Hall–Kier alpha value is -2.79. The zero-order valence-corrected chi connectivity index (χ0v) is 19.5. The van der Waals surface area contributed by atoms with Gasteiger partial charge in [-0.05, 0) is 80.0 Å². The molecule has 4 heterocycles. The monoisotopic (exact) mass is 458 g/mol. The molecule has 2 bridgehead atoms. The smallest absolute Gasteiger partial charge is 0.234 e. The molecule has 2 aromatic carbocycles. The minimum Gasteiger partial charge on any atom is -0.381 e. The normalized spacial score (nSPS) is 26.0. The van der Waals surface area contributed by atoms with Gasteiger partial charge in [-0.1, -0.05) is 30.3 Å². The minimum absolute atomic E-state index is 0.128. The van der Waals surface area contributed by atoms with Crippen molar-refractivity contribution in [3.63, 3.8) is 0 Å². The van der Waals surface area contributed by atoms with Gasteiger partial charge in [0.1, 0.15) is 5.82 Å². The lowest BCUT2D eigenvalue weighted by molar-refractivity contribution is -0.147. The Kier molecular flexibility index (Phi) is 5.60. The highest BCUT2D eigenvalue weighted by Crippen LogP contribution is 2.45. The van der Waals surface area contributed by atoms with Gasteiger partial charge in [-0.3, -0.25) is 9.78 Å². The zero-order valence-electron chi connectivity index (χ0n) is 19.5. The standard InChI is InChI=1S/C29H31FN2O2/c30-27-4-2-1-3-26(27)29(10-13-34-14-11-29)28(33)32-24-7-8-25(32)18-21(17-24)15-20-5-6-22-9-12-31-19-23(22)16-20/h1-6,9,12,16,19,21,24-25H,7-8,10-11,13-15,17-18H2. The molecular formula is C29H31FN2O2. The third-order valence-corrected chi connectivity index (χ3v) is 8.44. The fourth-order valence-corrected chi connectivity index (χ4v) is 6.80. The summed E-state index contributed by atoms with van der Waals surface area (Å²) < 4.78 is 20.6. The first-order valence-corrected chi connectivity index (χ1v) is 12.6. The fourth-order valence-electron chi connectivity index (χ4n) is 6.80. The molecule has 5 heteroatoms. The summed E-state index contributed by atoms with van der Waals surface area (Å²) >= 11 is 0. The van der Waals surface area contributed by atoms with Crippen molar-refractivity contribution in [2.75, 3.05) is 13.2 Å². The number of hydrogen-bond acceptors (Lipinski definition) is 3. The first-order chi connectivity index (χ1) is 16.6. The molecule has 0 N–H and O–H groups in total. The van der Waals surface area contributed by atoms with Gasteiger partial charge in [0.2, 0.25) is 5.91 Å². The lowest BCUT2D eigenvalue weighted by Crippen LogP contribution is -2.56. The van der Waals surface area contributed by atoms with E-state index in [2.05, 4.69) is 28.1 Å². The van der Waals surface area contributed by atoms with E-state index in [0.717, 1.165) is 32.1 Å². The molecular weight excluding hydrogens is 427 g/mol. The van der Waals surface area contributed by atoms with Crippen LogP contribution in [0, 0.1) is 11.7 Å². The second-order valence-corrected chi connectivity index (χ2v) is 10.4. The van der Waals surface area contributed by atoms with Gasteiger partial charge in [0.05, 0.1) is 5.41 Å². The first kappa shape index (κ1) is 21.7. The van der Waals surface area contributed by atoms with E-state index in [4.69, 9.17) is 4.74 Å². The van der Waals surface area contributed by atoms with Crippen LogP contribution in [0.1, 0.15) is 49.7 Å². The maximum atomic E-state index is 15.0. The molecule has 2 atom stereocenters. The molecule has 4 nitrogen and oxygen atoms in total. The van der Waals surface area contributed by atoms with Crippen LogP contribution in [-0.2, 0) is 21.4 Å². The highest BCUT2D eigenvalue weighted by molar-refractivity contribution is 5.89. The number of piperidine rings is 1. The summed E-state index contributed by atoms with van der Waals surface area (Å²) in [4.78, 5) is 20.6. The van der Waals surface area contributed by atoms with Crippen molar-refractivity contribution in [3.05, 3.63) is 77.9 Å². The molecule has 0 radical (unpaired) electrons. The number of pyridine rings is 1. The summed E-state index contributed by atoms with van der Waals surface area (Å²) in [5.41, 5.74) is 1.09. The van der Waals surface area contributed by atoms with Crippen LogP contribution in [0.3, 0.4) is 0 Å². The highest BCUT2D eigenvalue weighted by Gasteiger charge is 2.52. The third kappa shape index (κ3) is 3.70. The lowest BCUT2D eigenvalue weighted by Gasteiger charge is -2.46. The van der Waals surface area contributed by atoms with E-state index in [1.807, 2.05) is 30.6 Å². The minimum atomic E-state index is -0.803. The summed E-state index contributed by atoms with van der Waals surface area (Å²) in [6.45, 7) is 1.01. The van der Waals surface area contributed by atoms with Crippen molar-refractivity contribution in [1.82, 2.24) is 9.88 Å². The van der Waals surface area contributed by atoms with E-state index in [1.54, 1.807) is 6.07 Å². The Labute approximate surface area is 200 Å². The molecule has 176 valence electrons. The van der Waals surface area contributed by atoms with Crippen LogP contribution in [-0.4, -0.2) is 41.1 Å². The molecule has 3 fully saturated rings. The van der Waals surface area contributed by atoms with Crippen molar-refractivity contribution in [1.29, 1.82) is 0 Å². The predicted octanol–water partition coefficient (Wildman–Crippen LogP) is 5.43. The quantitative estimate of drug-likeness (QED) is 0.523. The van der Waals surface area contributed by atoms with Gasteiger partial charge in [-0.15, -0.1) is 0 Å². The molecule has 3 aliphatic rings. The lowest BCUT2D eigenvalue weighted by atomic mass is 9.71. The Morgan fingerprint density at radius 3 is 2.56 bits per heavy atom. The first-order valence-electron chi connectivity index (χ1n) is 12.6. The SMILES string of the molecule is O=C(N1C2CCC1CC(Cc1ccc3ccncc3c1)C2)C1(c2ccccc2F)CCOCC1. The molecule has 2 unspecified atom stereocenters. The van der Waals surface area contributed by atoms with Crippen LogP contribution in [0.5, 0.6) is 0 Å². The largest absolute Gasteiger partial charge is 0.381 e. The second-order valence-electron chi connectivity index (χ2n) is 10.4. The maximum Gasteiger partial charge on any atom is 0.234 e. The van der Waals surface area contributed by atoms with Crippen LogP contribution in [0.4, 0.5) is 4.39 Å².